The Morgan fingerprint density at radius 1 is 1.07 bits per heavy atom. The highest BCUT2D eigenvalue weighted by Gasteiger charge is 2.30. The summed E-state index contributed by atoms with van der Waals surface area (Å²) < 4.78 is 32.7. The van der Waals surface area contributed by atoms with Gasteiger partial charge in [-0.1, -0.05) is 18.2 Å². The molecule has 1 aliphatic heterocycles. The largest absolute Gasteiger partial charge is 0.455 e. The summed E-state index contributed by atoms with van der Waals surface area (Å²) in [6.07, 6.45) is 2.01. The lowest BCUT2D eigenvalue weighted by molar-refractivity contribution is 0.0609. The molecule has 4 rings (SSSR count). The standard InChI is InChI=1S/C20H20N2O4S/c1-15-18-8-5-11-21(18)12-13-22(15)20(23)19-10-9-16(26-19)14-27(24,25)17-6-3-2-4-7-17/h2-11,15H,12-14H2,1H3/t15-/m0/s1. The molecule has 1 amide bonds. The predicted molar refractivity (Wildman–Crippen MR) is 99.9 cm³/mol. The predicted octanol–water partition coefficient (Wildman–Crippen LogP) is 3.27. The van der Waals surface area contributed by atoms with Crippen LogP contribution in [0.15, 0.2) is 70.1 Å². The van der Waals surface area contributed by atoms with E-state index < -0.39 is 9.84 Å². The molecule has 6 nitrogen and oxygen atoms in total. The van der Waals surface area contributed by atoms with E-state index in [1.807, 2.05) is 25.3 Å². The Morgan fingerprint density at radius 3 is 2.63 bits per heavy atom. The van der Waals surface area contributed by atoms with Gasteiger partial charge in [-0.15, -0.1) is 0 Å². The molecule has 0 bridgehead atoms. The first-order valence-corrected chi connectivity index (χ1v) is 10.4. The van der Waals surface area contributed by atoms with E-state index >= 15 is 0 Å². The van der Waals surface area contributed by atoms with Crippen LogP contribution in [0.25, 0.3) is 0 Å². The van der Waals surface area contributed by atoms with Crippen molar-refractivity contribution < 1.29 is 17.6 Å². The molecule has 1 atom stereocenters. The molecule has 3 aromatic rings. The van der Waals surface area contributed by atoms with Crippen LogP contribution in [0.2, 0.25) is 0 Å². The minimum Gasteiger partial charge on any atom is -0.455 e. The fourth-order valence-electron chi connectivity index (χ4n) is 3.47. The van der Waals surface area contributed by atoms with Crippen LogP contribution in [0.1, 0.15) is 35.0 Å². The third kappa shape index (κ3) is 3.30. The van der Waals surface area contributed by atoms with Crippen LogP contribution >= 0.6 is 0 Å². The van der Waals surface area contributed by atoms with Crippen LogP contribution in [0, 0.1) is 0 Å². The lowest BCUT2D eigenvalue weighted by atomic mass is 10.1. The van der Waals surface area contributed by atoms with Crippen LogP contribution in [-0.4, -0.2) is 30.3 Å². The maximum absolute atomic E-state index is 12.9. The zero-order chi connectivity index (χ0) is 19.0. The SMILES string of the molecule is C[C@H]1c2cccn2CCN1C(=O)c1ccc(CS(=O)(=O)c2ccccc2)o1. The van der Waals surface area contributed by atoms with Crippen molar-refractivity contribution in [2.75, 3.05) is 6.54 Å². The number of hydrogen-bond acceptors (Lipinski definition) is 4. The molecule has 0 spiro atoms. The molecular weight excluding hydrogens is 364 g/mol. The third-order valence-electron chi connectivity index (χ3n) is 4.91. The number of rotatable bonds is 4. The van der Waals surface area contributed by atoms with Gasteiger partial charge in [0.25, 0.3) is 5.91 Å². The Balaban J connectivity index is 1.52. The Kier molecular flexibility index (Phi) is 4.39. The van der Waals surface area contributed by atoms with Gasteiger partial charge in [-0.3, -0.25) is 4.79 Å². The maximum atomic E-state index is 12.9. The van der Waals surface area contributed by atoms with Crippen molar-refractivity contribution in [3.8, 4) is 0 Å². The Bertz CT molecular complexity index is 1070. The van der Waals surface area contributed by atoms with E-state index in [0.29, 0.717) is 6.54 Å². The molecule has 1 aromatic carbocycles. The van der Waals surface area contributed by atoms with E-state index in [9.17, 15) is 13.2 Å². The van der Waals surface area contributed by atoms with Gasteiger partial charge in [0.15, 0.2) is 15.6 Å². The van der Waals surface area contributed by atoms with Crippen molar-refractivity contribution in [2.24, 2.45) is 0 Å². The van der Waals surface area contributed by atoms with Crippen LogP contribution in [0.5, 0.6) is 0 Å². The summed E-state index contributed by atoms with van der Waals surface area (Å²) in [7, 11) is -3.52. The molecule has 0 saturated heterocycles. The number of amides is 1. The highest BCUT2D eigenvalue weighted by molar-refractivity contribution is 7.90. The summed E-state index contributed by atoms with van der Waals surface area (Å²) in [6.45, 7) is 3.29. The molecule has 3 heterocycles. The van der Waals surface area contributed by atoms with Crippen molar-refractivity contribution in [1.29, 1.82) is 0 Å². The van der Waals surface area contributed by atoms with Crippen molar-refractivity contribution in [3.05, 3.63) is 78.0 Å². The number of carbonyl (C=O) groups is 1. The summed E-state index contributed by atoms with van der Waals surface area (Å²) in [4.78, 5) is 14.9. The zero-order valence-corrected chi connectivity index (χ0v) is 15.7. The summed E-state index contributed by atoms with van der Waals surface area (Å²) >= 11 is 0. The minimum absolute atomic E-state index is 0.0668. The van der Waals surface area contributed by atoms with Gasteiger partial charge in [0.2, 0.25) is 0 Å². The fourth-order valence-corrected chi connectivity index (χ4v) is 4.74. The molecule has 7 heteroatoms. The lowest BCUT2D eigenvalue weighted by Gasteiger charge is -2.34. The molecule has 1 aliphatic rings. The van der Waals surface area contributed by atoms with Crippen molar-refractivity contribution in [2.45, 2.75) is 30.2 Å². The first-order chi connectivity index (χ1) is 13.0. The van der Waals surface area contributed by atoms with Gasteiger partial charge in [-0.05, 0) is 43.3 Å². The van der Waals surface area contributed by atoms with Crippen LogP contribution in [-0.2, 0) is 22.1 Å². The first-order valence-electron chi connectivity index (χ1n) is 8.78. The summed E-state index contributed by atoms with van der Waals surface area (Å²) in [5, 5.41) is 0. The van der Waals surface area contributed by atoms with E-state index in [1.54, 1.807) is 47.4 Å². The highest BCUT2D eigenvalue weighted by atomic mass is 32.2. The second kappa shape index (κ2) is 6.74. The van der Waals surface area contributed by atoms with Gasteiger partial charge >= 0.3 is 0 Å². The fraction of sp³-hybridized carbons (Fsp3) is 0.250. The van der Waals surface area contributed by atoms with Gasteiger partial charge in [-0.25, -0.2) is 8.42 Å². The normalized spacial score (nSPS) is 16.9. The minimum atomic E-state index is -3.52. The zero-order valence-electron chi connectivity index (χ0n) is 14.9. The summed E-state index contributed by atoms with van der Waals surface area (Å²) in [6, 6.07) is 15.2. The summed E-state index contributed by atoms with van der Waals surface area (Å²) in [5.41, 5.74) is 1.08. The van der Waals surface area contributed by atoms with Crippen LogP contribution in [0.3, 0.4) is 0 Å². The number of hydrogen-bond donors (Lipinski definition) is 0. The van der Waals surface area contributed by atoms with Crippen molar-refractivity contribution in [3.63, 3.8) is 0 Å². The Morgan fingerprint density at radius 2 is 1.85 bits per heavy atom. The van der Waals surface area contributed by atoms with Crippen LogP contribution in [0.4, 0.5) is 0 Å². The molecule has 0 radical (unpaired) electrons. The Hall–Kier alpha value is -2.80. The molecule has 0 fully saturated rings. The average molecular weight is 384 g/mol. The van der Waals surface area contributed by atoms with Gasteiger partial charge in [0, 0.05) is 25.0 Å². The smallest absolute Gasteiger partial charge is 0.290 e. The number of fused-ring (bicyclic) bond motifs is 1. The molecule has 2 aromatic heterocycles. The van der Waals surface area contributed by atoms with E-state index in [-0.39, 0.29) is 34.1 Å². The molecule has 140 valence electrons. The van der Waals surface area contributed by atoms with Gasteiger partial charge in [0.05, 0.1) is 10.9 Å². The van der Waals surface area contributed by atoms with Crippen molar-refractivity contribution >= 4 is 15.7 Å². The number of benzene rings is 1. The third-order valence-corrected chi connectivity index (χ3v) is 6.56. The molecule has 0 unspecified atom stereocenters. The van der Waals surface area contributed by atoms with Crippen LogP contribution < -0.4 is 0 Å². The molecule has 0 saturated carbocycles. The van der Waals surface area contributed by atoms with Gasteiger partial charge < -0.3 is 13.9 Å². The number of furan rings is 1. The average Bonchev–Trinajstić information content (AvgIpc) is 3.32. The second-order valence-corrected chi connectivity index (χ2v) is 8.63. The second-order valence-electron chi connectivity index (χ2n) is 6.64. The first kappa shape index (κ1) is 17.6. The summed E-state index contributed by atoms with van der Waals surface area (Å²) in [5.74, 6) is -0.0726. The van der Waals surface area contributed by atoms with Gasteiger partial charge in [0.1, 0.15) is 11.5 Å². The van der Waals surface area contributed by atoms with Crippen molar-refractivity contribution in [1.82, 2.24) is 9.47 Å². The number of carbonyl (C=O) groups excluding carboxylic acids is 1. The molecule has 27 heavy (non-hydrogen) atoms. The molecule has 0 N–H and O–H groups in total. The molecular formula is C20H20N2O4S. The molecule has 0 aliphatic carbocycles. The topological polar surface area (TPSA) is 72.5 Å². The number of aromatic nitrogens is 1. The van der Waals surface area contributed by atoms with E-state index in [2.05, 4.69) is 4.57 Å². The number of sulfone groups is 1. The number of nitrogens with zero attached hydrogens (tertiary/aromatic N) is 2. The quantitative estimate of drug-likeness (QED) is 0.692. The Labute approximate surface area is 157 Å². The maximum Gasteiger partial charge on any atom is 0.290 e. The highest BCUT2D eigenvalue weighted by Crippen LogP contribution is 2.27. The van der Waals surface area contributed by atoms with E-state index in [1.165, 1.54) is 0 Å². The van der Waals surface area contributed by atoms with E-state index in [0.717, 1.165) is 12.2 Å². The van der Waals surface area contributed by atoms with E-state index in [4.69, 9.17) is 4.42 Å². The van der Waals surface area contributed by atoms with Gasteiger partial charge in [-0.2, -0.15) is 0 Å². The lowest BCUT2D eigenvalue weighted by Crippen LogP contribution is -2.40. The monoisotopic (exact) mass is 384 g/mol.